The largest absolute Gasteiger partial charge is 0.496 e. The van der Waals surface area contributed by atoms with Gasteiger partial charge in [-0.25, -0.2) is 4.99 Å². The summed E-state index contributed by atoms with van der Waals surface area (Å²) in [5.74, 6) is 0.830. The standard InChI is InChI=1S/C50H37N3O/c1-54-50-29-24-40(31-46(50)38-20-25-41(26-21-38)52-34-51-30-10-9-13-35-11-3-2-4-12-35)39-23-28-49-47(32-39)44-16-7-8-17-48(44)53(49)42-27-22-37-19-18-36-14-5-6-15-43(36)45(37)33-42/h2-34H,1H3,(H,51,52)/b13-9-,30-10-. The summed E-state index contributed by atoms with van der Waals surface area (Å²) in [6, 6.07) is 60.4. The summed E-state index contributed by atoms with van der Waals surface area (Å²) in [5, 5.41) is 10.7. The number of anilines is 1. The molecule has 4 heteroatoms. The van der Waals surface area contributed by atoms with Crippen LogP contribution in [0, 0.1) is 0 Å². The zero-order valence-corrected chi connectivity index (χ0v) is 29.9. The van der Waals surface area contributed by atoms with E-state index in [1.54, 1.807) is 19.6 Å². The van der Waals surface area contributed by atoms with Crippen LogP contribution in [0.2, 0.25) is 0 Å². The molecule has 0 aliphatic rings. The Morgan fingerprint density at radius 1 is 0.537 bits per heavy atom. The second-order valence-electron chi connectivity index (χ2n) is 13.3. The number of nitrogens with zero attached hydrogens (tertiary/aromatic N) is 2. The van der Waals surface area contributed by atoms with Crippen LogP contribution in [-0.4, -0.2) is 18.0 Å². The molecule has 0 aliphatic heterocycles. The maximum atomic E-state index is 5.84. The molecule has 1 aromatic heterocycles. The normalized spacial score (nSPS) is 11.9. The molecule has 1 heterocycles. The number of benzene rings is 8. The van der Waals surface area contributed by atoms with Crippen molar-refractivity contribution in [2.75, 3.05) is 12.4 Å². The highest BCUT2D eigenvalue weighted by Crippen LogP contribution is 2.39. The van der Waals surface area contributed by atoms with E-state index in [0.29, 0.717) is 0 Å². The smallest absolute Gasteiger partial charge is 0.126 e. The Kier molecular flexibility index (Phi) is 8.76. The van der Waals surface area contributed by atoms with Crippen LogP contribution in [0.25, 0.3) is 77.4 Å². The lowest BCUT2D eigenvalue weighted by molar-refractivity contribution is 0.416. The van der Waals surface area contributed by atoms with Gasteiger partial charge < -0.3 is 14.6 Å². The number of hydrogen-bond donors (Lipinski definition) is 1. The van der Waals surface area contributed by atoms with Gasteiger partial charge in [-0.05, 0) is 104 Å². The van der Waals surface area contributed by atoms with Crippen LogP contribution in [-0.2, 0) is 0 Å². The maximum absolute atomic E-state index is 5.84. The first-order chi connectivity index (χ1) is 26.7. The molecule has 0 radical (unpaired) electrons. The highest BCUT2D eigenvalue weighted by Gasteiger charge is 2.15. The minimum absolute atomic E-state index is 0.830. The van der Waals surface area contributed by atoms with Crippen LogP contribution in [0.15, 0.2) is 193 Å². The van der Waals surface area contributed by atoms with Gasteiger partial charge in [0.15, 0.2) is 0 Å². The highest BCUT2D eigenvalue weighted by atomic mass is 16.5. The molecule has 9 aromatic rings. The minimum atomic E-state index is 0.830. The van der Waals surface area contributed by atoms with Crippen molar-refractivity contribution in [3.05, 3.63) is 194 Å². The van der Waals surface area contributed by atoms with Gasteiger partial charge in [-0.3, -0.25) is 0 Å². The molecule has 0 saturated carbocycles. The molecular formula is C50H37N3O. The summed E-state index contributed by atoms with van der Waals surface area (Å²) in [6.07, 6.45) is 9.39. The third-order valence-electron chi connectivity index (χ3n) is 10.1. The van der Waals surface area contributed by atoms with E-state index < -0.39 is 0 Å². The summed E-state index contributed by atoms with van der Waals surface area (Å²) < 4.78 is 8.24. The van der Waals surface area contributed by atoms with Crippen molar-refractivity contribution in [2.45, 2.75) is 0 Å². The number of fused-ring (bicyclic) bond motifs is 6. The number of allylic oxidation sites excluding steroid dienone is 2. The predicted octanol–water partition coefficient (Wildman–Crippen LogP) is 13.1. The molecule has 4 nitrogen and oxygen atoms in total. The number of ether oxygens (including phenoxy) is 1. The van der Waals surface area contributed by atoms with Crippen molar-refractivity contribution in [1.29, 1.82) is 0 Å². The summed E-state index contributed by atoms with van der Waals surface area (Å²) in [6.45, 7) is 0. The Balaban J connectivity index is 1.01. The van der Waals surface area contributed by atoms with E-state index in [2.05, 4.69) is 167 Å². The molecule has 54 heavy (non-hydrogen) atoms. The van der Waals surface area contributed by atoms with Gasteiger partial charge >= 0.3 is 0 Å². The summed E-state index contributed by atoms with van der Waals surface area (Å²) in [5.41, 5.74) is 10.0. The zero-order valence-electron chi connectivity index (χ0n) is 29.9. The Morgan fingerprint density at radius 2 is 1.22 bits per heavy atom. The molecule has 0 amide bonds. The van der Waals surface area contributed by atoms with Gasteiger partial charge in [-0.15, -0.1) is 0 Å². The van der Waals surface area contributed by atoms with Gasteiger partial charge in [0.25, 0.3) is 0 Å². The lowest BCUT2D eigenvalue weighted by atomic mass is 9.97. The van der Waals surface area contributed by atoms with Crippen LogP contribution in [0.4, 0.5) is 5.69 Å². The van der Waals surface area contributed by atoms with E-state index >= 15 is 0 Å². The number of para-hydroxylation sites is 1. The van der Waals surface area contributed by atoms with Gasteiger partial charge in [-0.1, -0.05) is 127 Å². The number of aliphatic imine (C=N–C) groups is 1. The molecule has 0 spiro atoms. The Hall–Kier alpha value is -7.17. The third kappa shape index (κ3) is 6.31. The second kappa shape index (κ2) is 14.5. The summed E-state index contributed by atoms with van der Waals surface area (Å²) >= 11 is 0. The average Bonchev–Trinajstić information content (AvgIpc) is 3.57. The van der Waals surface area contributed by atoms with E-state index in [0.717, 1.165) is 44.9 Å². The van der Waals surface area contributed by atoms with E-state index in [9.17, 15) is 0 Å². The quantitative estimate of drug-likeness (QED) is 0.0706. The van der Waals surface area contributed by atoms with Crippen LogP contribution in [0.1, 0.15) is 5.56 Å². The van der Waals surface area contributed by atoms with Crippen molar-refractivity contribution in [2.24, 2.45) is 4.99 Å². The van der Waals surface area contributed by atoms with Crippen LogP contribution >= 0.6 is 0 Å². The fourth-order valence-electron chi connectivity index (χ4n) is 7.40. The SMILES string of the molecule is COc1ccc(-c2ccc3c(c2)c2ccccc2n3-c2ccc3ccc4ccccc4c3c2)cc1-c1ccc(NC=N/C=C\C=C/c2ccccc2)cc1. The van der Waals surface area contributed by atoms with Crippen molar-refractivity contribution in [3.8, 4) is 33.7 Å². The van der Waals surface area contributed by atoms with E-state index in [4.69, 9.17) is 4.74 Å². The molecule has 1 N–H and O–H groups in total. The van der Waals surface area contributed by atoms with E-state index in [1.807, 2.05) is 36.4 Å². The second-order valence-corrected chi connectivity index (χ2v) is 13.3. The number of rotatable bonds is 9. The maximum Gasteiger partial charge on any atom is 0.126 e. The zero-order chi connectivity index (χ0) is 36.3. The van der Waals surface area contributed by atoms with Gasteiger partial charge in [0.2, 0.25) is 0 Å². The van der Waals surface area contributed by atoms with Crippen molar-refractivity contribution < 1.29 is 4.74 Å². The van der Waals surface area contributed by atoms with Crippen molar-refractivity contribution in [1.82, 2.24) is 4.57 Å². The lowest BCUT2D eigenvalue weighted by Gasteiger charge is -2.13. The first-order valence-electron chi connectivity index (χ1n) is 18.1. The molecule has 0 saturated heterocycles. The molecule has 0 unspecified atom stereocenters. The Bertz CT molecular complexity index is 2880. The Morgan fingerprint density at radius 3 is 2.07 bits per heavy atom. The first kappa shape index (κ1) is 32.7. The van der Waals surface area contributed by atoms with E-state index in [-0.39, 0.29) is 0 Å². The Labute approximate surface area is 314 Å². The van der Waals surface area contributed by atoms with E-state index in [1.165, 1.54) is 43.4 Å². The van der Waals surface area contributed by atoms with Gasteiger partial charge in [-0.2, -0.15) is 0 Å². The monoisotopic (exact) mass is 695 g/mol. The highest BCUT2D eigenvalue weighted by molar-refractivity contribution is 6.12. The first-order valence-corrected chi connectivity index (χ1v) is 18.1. The summed E-state index contributed by atoms with van der Waals surface area (Å²) in [4.78, 5) is 4.34. The number of aromatic nitrogens is 1. The number of methoxy groups -OCH3 is 1. The third-order valence-corrected chi connectivity index (χ3v) is 10.1. The van der Waals surface area contributed by atoms with Crippen LogP contribution in [0.5, 0.6) is 5.75 Å². The topological polar surface area (TPSA) is 38.5 Å². The van der Waals surface area contributed by atoms with Crippen LogP contribution in [0.3, 0.4) is 0 Å². The molecule has 0 bridgehead atoms. The molecular weight excluding hydrogens is 659 g/mol. The van der Waals surface area contributed by atoms with Crippen molar-refractivity contribution >= 4 is 61.5 Å². The fourth-order valence-corrected chi connectivity index (χ4v) is 7.40. The summed E-state index contributed by atoms with van der Waals surface area (Å²) in [7, 11) is 1.73. The minimum Gasteiger partial charge on any atom is -0.496 e. The average molecular weight is 696 g/mol. The van der Waals surface area contributed by atoms with Gasteiger partial charge in [0, 0.05) is 33.9 Å². The number of nitrogens with one attached hydrogen (secondary N) is 1. The fraction of sp³-hybridized carbons (Fsp3) is 0.0200. The van der Waals surface area contributed by atoms with Gasteiger partial charge in [0.05, 0.1) is 24.5 Å². The predicted molar refractivity (Wildman–Crippen MR) is 230 cm³/mol. The molecule has 0 fully saturated rings. The van der Waals surface area contributed by atoms with Gasteiger partial charge in [0.1, 0.15) is 5.75 Å². The molecule has 0 atom stereocenters. The lowest BCUT2D eigenvalue weighted by Crippen LogP contribution is -1.94. The van der Waals surface area contributed by atoms with Crippen LogP contribution < -0.4 is 10.1 Å². The molecule has 8 aromatic carbocycles. The number of hydrogen-bond acceptors (Lipinski definition) is 2. The van der Waals surface area contributed by atoms with Crippen molar-refractivity contribution in [3.63, 3.8) is 0 Å². The molecule has 0 aliphatic carbocycles. The molecule has 258 valence electrons. The molecule has 9 rings (SSSR count).